The highest BCUT2D eigenvalue weighted by Crippen LogP contribution is 1.92. The standard InChI is InChI=1S/C11H17N3O/c1-2-12-7-5-9-14-11(15)10-6-3-4-8-13-10/h3-4,6,8,12H,2,5,7,9H2,1H3,(H,14,15). The lowest BCUT2D eigenvalue weighted by Crippen LogP contribution is -2.27. The van der Waals surface area contributed by atoms with Gasteiger partial charge in [-0.05, 0) is 31.6 Å². The zero-order valence-corrected chi connectivity index (χ0v) is 8.99. The molecule has 0 aromatic carbocycles. The van der Waals surface area contributed by atoms with Crippen LogP contribution in [0.1, 0.15) is 23.8 Å². The first kappa shape index (κ1) is 11.7. The maximum Gasteiger partial charge on any atom is 0.269 e. The zero-order valence-electron chi connectivity index (χ0n) is 8.99. The number of nitrogens with zero attached hydrogens (tertiary/aromatic N) is 1. The minimum Gasteiger partial charge on any atom is -0.351 e. The second-order valence-electron chi connectivity index (χ2n) is 3.18. The molecule has 1 aromatic heterocycles. The van der Waals surface area contributed by atoms with Crippen molar-refractivity contribution in [1.82, 2.24) is 15.6 Å². The van der Waals surface area contributed by atoms with Gasteiger partial charge >= 0.3 is 0 Å². The van der Waals surface area contributed by atoms with Gasteiger partial charge in [0, 0.05) is 12.7 Å². The van der Waals surface area contributed by atoms with E-state index in [2.05, 4.69) is 22.5 Å². The molecule has 0 unspecified atom stereocenters. The van der Waals surface area contributed by atoms with E-state index in [1.54, 1.807) is 24.4 Å². The lowest BCUT2D eigenvalue weighted by Gasteiger charge is -2.04. The Bertz CT molecular complexity index is 287. The van der Waals surface area contributed by atoms with Crippen LogP contribution in [0.4, 0.5) is 0 Å². The lowest BCUT2D eigenvalue weighted by molar-refractivity contribution is 0.0948. The average Bonchev–Trinajstić information content (AvgIpc) is 2.30. The summed E-state index contributed by atoms with van der Waals surface area (Å²) in [5.41, 5.74) is 0.473. The Morgan fingerprint density at radius 3 is 2.93 bits per heavy atom. The first-order valence-electron chi connectivity index (χ1n) is 5.24. The molecule has 4 nitrogen and oxygen atoms in total. The molecule has 1 rings (SSSR count). The van der Waals surface area contributed by atoms with Crippen molar-refractivity contribution in [3.05, 3.63) is 30.1 Å². The predicted molar refractivity (Wildman–Crippen MR) is 59.7 cm³/mol. The Kier molecular flexibility index (Phi) is 5.40. The smallest absolute Gasteiger partial charge is 0.269 e. The molecular weight excluding hydrogens is 190 g/mol. The molecule has 1 heterocycles. The fraction of sp³-hybridized carbons (Fsp3) is 0.455. The number of nitrogens with one attached hydrogen (secondary N) is 2. The first-order valence-corrected chi connectivity index (χ1v) is 5.24. The minimum atomic E-state index is -0.105. The van der Waals surface area contributed by atoms with Crippen LogP contribution in [-0.2, 0) is 0 Å². The van der Waals surface area contributed by atoms with Crippen LogP contribution >= 0.6 is 0 Å². The highest BCUT2D eigenvalue weighted by atomic mass is 16.1. The quantitative estimate of drug-likeness (QED) is 0.679. The average molecular weight is 207 g/mol. The van der Waals surface area contributed by atoms with Gasteiger partial charge in [0.2, 0.25) is 0 Å². The summed E-state index contributed by atoms with van der Waals surface area (Å²) in [5.74, 6) is -0.105. The van der Waals surface area contributed by atoms with E-state index >= 15 is 0 Å². The highest BCUT2D eigenvalue weighted by molar-refractivity contribution is 5.92. The van der Waals surface area contributed by atoms with Crippen molar-refractivity contribution >= 4 is 5.91 Å². The van der Waals surface area contributed by atoms with Crippen LogP contribution in [-0.4, -0.2) is 30.5 Å². The van der Waals surface area contributed by atoms with E-state index in [0.29, 0.717) is 12.2 Å². The zero-order chi connectivity index (χ0) is 10.9. The molecule has 0 aliphatic carbocycles. The third kappa shape index (κ3) is 4.56. The Balaban J connectivity index is 2.20. The lowest BCUT2D eigenvalue weighted by atomic mass is 10.3. The molecule has 0 fully saturated rings. The van der Waals surface area contributed by atoms with E-state index in [1.807, 2.05) is 0 Å². The minimum absolute atomic E-state index is 0.105. The van der Waals surface area contributed by atoms with Gasteiger partial charge in [-0.3, -0.25) is 9.78 Å². The third-order valence-corrected chi connectivity index (χ3v) is 1.96. The molecule has 0 saturated heterocycles. The Morgan fingerprint density at radius 1 is 1.40 bits per heavy atom. The van der Waals surface area contributed by atoms with Crippen LogP contribution in [0.3, 0.4) is 0 Å². The van der Waals surface area contributed by atoms with Gasteiger partial charge in [0.25, 0.3) is 5.91 Å². The molecule has 0 atom stereocenters. The van der Waals surface area contributed by atoms with Crippen molar-refractivity contribution in [1.29, 1.82) is 0 Å². The van der Waals surface area contributed by atoms with E-state index in [9.17, 15) is 4.79 Å². The van der Waals surface area contributed by atoms with E-state index in [1.165, 1.54) is 0 Å². The monoisotopic (exact) mass is 207 g/mol. The molecule has 0 bridgehead atoms. The molecule has 2 N–H and O–H groups in total. The molecule has 15 heavy (non-hydrogen) atoms. The summed E-state index contributed by atoms with van der Waals surface area (Å²) in [6.07, 6.45) is 2.56. The van der Waals surface area contributed by atoms with Gasteiger partial charge in [-0.1, -0.05) is 13.0 Å². The number of rotatable bonds is 6. The summed E-state index contributed by atoms with van der Waals surface area (Å²) in [6.45, 7) is 4.64. The Morgan fingerprint density at radius 2 is 2.27 bits per heavy atom. The van der Waals surface area contributed by atoms with Gasteiger partial charge in [0.1, 0.15) is 5.69 Å². The third-order valence-electron chi connectivity index (χ3n) is 1.96. The maximum absolute atomic E-state index is 11.5. The van der Waals surface area contributed by atoms with E-state index < -0.39 is 0 Å². The van der Waals surface area contributed by atoms with Gasteiger partial charge in [-0.2, -0.15) is 0 Å². The molecular formula is C11H17N3O. The fourth-order valence-electron chi connectivity index (χ4n) is 1.18. The molecule has 82 valence electrons. The highest BCUT2D eigenvalue weighted by Gasteiger charge is 2.03. The summed E-state index contributed by atoms with van der Waals surface area (Å²) in [6, 6.07) is 5.31. The fourth-order valence-corrected chi connectivity index (χ4v) is 1.18. The van der Waals surface area contributed by atoms with Crippen LogP contribution in [0.5, 0.6) is 0 Å². The molecule has 0 spiro atoms. The van der Waals surface area contributed by atoms with Crippen molar-refractivity contribution in [2.24, 2.45) is 0 Å². The topological polar surface area (TPSA) is 54.0 Å². The summed E-state index contributed by atoms with van der Waals surface area (Å²) in [7, 11) is 0. The number of hydrogen-bond acceptors (Lipinski definition) is 3. The van der Waals surface area contributed by atoms with Gasteiger partial charge in [0.15, 0.2) is 0 Å². The van der Waals surface area contributed by atoms with Gasteiger partial charge in [-0.25, -0.2) is 0 Å². The number of aromatic nitrogens is 1. The maximum atomic E-state index is 11.5. The van der Waals surface area contributed by atoms with Crippen LogP contribution in [0, 0.1) is 0 Å². The van der Waals surface area contributed by atoms with Crippen LogP contribution in [0.2, 0.25) is 0 Å². The van der Waals surface area contributed by atoms with E-state index in [4.69, 9.17) is 0 Å². The molecule has 1 aromatic rings. The van der Waals surface area contributed by atoms with Crippen molar-refractivity contribution in [2.45, 2.75) is 13.3 Å². The first-order chi connectivity index (χ1) is 7.34. The summed E-state index contributed by atoms with van der Waals surface area (Å²) < 4.78 is 0. The van der Waals surface area contributed by atoms with Gasteiger partial charge in [0.05, 0.1) is 0 Å². The molecule has 0 aliphatic rings. The van der Waals surface area contributed by atoms with Crippen molar-refractivity contribution in [2.75, 3.05) is 19.6 Å². The van der Waals surface area contributed by atoms with Crippen LogP contribution in [0.25, 0.3) is 0 Å². The molecule has 4 heteroatoms. The summed E-state index contributed by atoms with van der Waals surface area (Å²) >= 11 is 0. The largest absolute Gasteiger partial charge is 0.351 e. The summed E-state index contributed by atoms with van der Waals surface area (Å²) in [5, 5.41) is 6.01. The molecule has 0 radical (unpaired) electrons. The number of hydrogen-bond donors (Lipinski definition) is 2. The second kappa shape index (κ2) is 6.95. The van der Waals surface area contributed by atoms with Crippen molar-refractivity contribution in [3.63, 3.8) is 0 Å². The second-order valence-corrected chi connectivity index (χ2v) is 3.18. The summed E-state index contributed by atoms with van der Waals surface area (Å²) in [4.78, 5) is 15.4. The van der Waals surface area contributed by atoms with Crippen molar-refractivity contribution in [3.8, 4) is 0 Å². The van der Waals surface area contributed by atoms with E-state index in [0.717, 1.165) is 19.5 Å². The van der Waals surface area contributed by atoms with Crippen LogP contribution in [0.15, 0.2) is 24.4 Å². The predicted octanol–water partition coefficient (Wildman–Crippen LogP) is 0.811. The number of amides is 1. The number of carbonyl (C=O) groups excluding carboxylic acids is 1. The van der Waals surface area contributed by atoms with Crippen molar-refractivity contribution < 1.29 is 4.79 Å². The molecule has 1 amide bonds. The molecule has 0 aliphatic heterocycles. The SMILES string of the molecule is CCNCCCNC(=O)c1ccccn1. The number of carbonyl (C=O) groups is 1. The normalized spacial score (nSPS) is 9.93. The molecule has 0 saturated carbocycles. The van der Waals surface area contributed by atoms with E-state index in [-0.39, 0.29) is 5.91 Å². The Labute approximate surface area is 90.1 Å². The van der Waals surface area contributed by atoms with Gasteiger partial charge in [-0.15, -0.1) is 0 Å². The van der Waals surface area contributed by atoms with Crippen LogP contribution < -0.4 is 10.6 Å². The number of pyridine rings is 1. The van der Waals surface area contributed by atoms with Gasteiger partial charge < -0.3 is 10.6 Å². The Hall–Kier alpha value is -1.42.